The molecule has 0 amide bonds. The summed E-state index contributed by atoms with van der Waals surface area (Å²) >= 11 is 7.21. The summed E-state index contributed by atoms with van der Waals surface area (Å²) in [7, 11) is 0. The van der Waals surface area contributed by atoms with E-state index in [1.807, 2.05) is 0 Å². The molecule has 0 aliphatic carbocycles. The van der Waals surface area contributed by atoms with Crippen LogP contribution in [0, 0.1) is 0 Å². The van der Waals surface area contributed by atoms with E-state index in [-0.39, 0.29) is 52.8 Å². The Morgan fingerprint density at radius 1 is 0.419 bits per heavy atom. The summed E-state index contributed by atoms with van der Waals surface area (Å²) < 4.78 is 0. The Bertz CT molecular complexity index is 334. The predicted octanol–water partition coefficient (Wildman–Crippen LogP) is 3.79. The van der Waals surface area contributed by atoms with Gasteiger partial charge in [0.05, 0.1) is 0 Å². The Balaban J connectivity index is -0.0000000724. The first-order chi connectivity index (χ1) is 13.8. The van der Waals surface area contributed by atoms with Gasteiger partial charge in [0.15, 0.2) is 0 Å². The van der Waals surface area contributed by atoms with Gasteiger partial charge in [-0.3, -0.25) is 0 Å². The molecule has 6 N–H and O–H groups in total. The van der Waals surface area contributed by atoms with Crippen LogP contribution >= 0.6 is 13.4 Å². The van der Waals surface area contributed by atoms with Crippen LogP contribution in [-0.2, 0) is 23.6 Å². The first-order valence-electron chi connectivity index (χ1n) is 11.4. The van der Waals surface area contributed by atoms with Crippen molar-refractivity contribution in [1.29, 1.82) is 0 Å². The van der Waals surface area contributed by atoms with Crippen molar-refractivity contribution in [2.24, 2.45) is 0 Å². The Hall–Kier alpha value is 2.70. The van der Waals surface area contributed by atoms with Crippen LogP contribution in [-0.4, -0.2) is 29.4 Å². The van der Waals surface area contributed by atoms with Gasteiger partial charge in [-0.15, -0.1) is 0 Å². The molecule has 31 heavy (non-hydrogen) atoms. The van der Waals surface area contributed by atoms with Gasteiger partial charge in [-0.25, -0.2) is 0 Å². The van der Waals surface area contributed by atoms with Gasteiger partial charge < -0.3 is 30.8 Å². The summed E-state index contributed by atoms with van der Waals surface area (Å²) in [5, 5.41) is 0. The molecule has 0 heterocycles. The third kappa shape index (κ3) is 111. The molecule has 0 saturated heterocycles. The monoisotopic (exact) mass is 552 g/mol. The van der Waals surface area contributed by atoms with Crippen molar-refractivity contribution in [1.82, 2.24) is 0 Å². The van der Waals surface area contributed by atoms with Crippen molar-refractivity contribution in [3.8, 4) is 0 Å². The fourth-order valence-electron chi connectivity index (χ4n) is 2.41. The van der Waals surface area contributed by atoms with Gasteiger partial charge in [-0.1, -0.05) is 130 Å². The Morgan fingerprint density at radius 2 is 0.516 bits per heavy atom. The van der Waals surface area contributed by atoms with E-state index < -0.39 is 13.4 Å². The van der Waals surface area contributed by atoms with Gasteiger partial charge in [0.1, 0.15) is 0 Å². The van der Waals surface area contributed by atoms with Gasteiger partial charge in [0, 0.05) is 0 Å². The van der Waals surface area contributed by atoms with Gasteiger partial charge in [-0.2, -0.15) is 0 Å². The van der Waals surface area contributed by atoms with Crippen molar-refractivity contribution >= 4 is 37.1 Å². The van der Waals surface area contributed by atoms with Crippen LogP contribution in [0.25, 0.3) is 0 Å². The predicted molar refractivity (Wildman–Crippen MR) is 140 cm³/mol. The van der Waals surface area contributed by atoms with Gasteiger partial charge in [0.2, 0.25) is 0 Å². The molecule has 0 radical (unpaired) electrons. The van der Waals surface area contributed by atoms with Crippen LogP contribution in [0.5, 0.6) is 0 Å². The summed E-state index contributed by atoms with van der Waals surface area (Å²) in [6.45, 7) is 1.47. The van der Waals surface area contributed by atoms with E-state index in [0.717, 1.165) is 0 Å². The standard InChI is InChI=1S/2C10H22.K.2H3O3PS.H/c2*1-3-5-7-9-10-8-6-4-2;;2*1-4(2,3)5;/h2*3-10H2,1-2H3;;2*(H3,1,2,3,5);/q;;+1;;;-1. The van der Waals surface area contributed by atoms with E-state index in [1.54, 1.807) is 0 Å². The minimum atomic E-state index is -3.81. The van der Waals surface area contributed by atoms with Crippen LogP contribution < -0.4 is 51.4 Å². The molecule has 0 rings (SSSR count). The Morgan fingerprint density at radius 3 is 0.613 bits per heavy atom. The molecular weight excluding hydrogens is 501 g/mol. The first-order valence-corrected chi connectivity index (χ1v) is 16.7. The molecule has 11 heteroatoms. The van der Waals surface area contributed by atoms with Crippen LogP contribution in [0.3, 0.4) is 0 Å². The maximum absolute atomic E-state index is 7.56. The summed E-state index contributed by atoms with van der Waals surface area (Å²) in [4.78, 5) is 45.3. The second-order valence-corrected chi connectivity index (χ2v) is 12.3. The zero-order valence-electron chi connectivity index (χ0n) is 21.7. The van der Waals surface area contributed by atoms with E-state index in [1.165, 1.54) is 103 Å². The van der Waals surface area contributed by atoms with Crippen LogP contribution in [0.15, 0.2) is 0 Å². The van der Waals surface area contributed by atoms with Crippen LogP contribution in [0.4, 0.5) is 0 Å². The van der Waals surface area contributed by atoms with E-state index in [0.29, 0.717) is 0 Å². The number of hydrogen-bond acceptors (Lipinski definition) is 2. The summed E-state index contributed by atoms with van der Waals surface area (Å²) in [5.74, 6) is 0. The summed E-state index contributed by atoms with van der Waals surface area (Å²) in [6, 6.07) is 0. The molecule has 0 atom stereocenters. The molecule has 0 aliphatic rings. The van der Waals surface area contributed by atoms with Crippen LogP contribution in [0.1, 0.15) is 132 Å². The second-order valence-electron chi connectivity index (χ2n) is 7.27. The smallest absolute Gasteiger partial charge is 1.00 e. The molecular formula is C20H51KO6P2S2. The maximum atomic E-state index is 7.56. The van der Waals surface area contributed by atoms with Crippen molar-refractivity contribution in [3.63, 3.8) is 0 Å². The molecule has 0 saturated carbocycles. The molecule has 0 aromatic heterocycles. The van der Waals surface area contributed by atoms with Crippen molar-refractivity contribution in [2.75, 3.05) is 0 Å². The molecule has 0 aromatic carbocycles. The van der Waals surface area contributed by atoms with Crippen molar-refractivity contribution < 1.29 is 82.2 Å². The quantitative estimate of drug-likeness (QED) is 0.109. The average Bonchev–Trinajstić information content (AvgIpc) is 2.59. The third-order valence-electron chi connectivity index (χ3n) is 3.91. The Kier molecular flexibility index (Phi) is 49.2. The van der Waals surface area contributed by atoms with E-state index in [4.69, 9.17) is 29.4 Å². The third-order valence-corrected chi connectivity index (χ3v) is 3.91. The maximum Gasteiger partial charge on any atom is 1.00 e. The fraction of sp³-hybridized carbons (Fsp3) is 1.00. The molecule has 0 fully saturated rings. The zero-order valence-corrected chi connectivity index (χ0v) is 27.3. The SMILES string of the molecule is CCCCCCCCCC.CCCCCCCCCC.OP(O)(O)=S.OP(O)(O)=S.[H-].[K+]. The molecule has 0 unspecified atom stereocenters. The molecule has 0 spiro atoms. The minimum absolute atomic E-state index is 0. The topological polar surface area (TPSA) is 121 Å². The minimum Gasteiger partial charge on any atom is -1.00 e. The van der Waals surface area contributed by atoms with E-state index in [9.17, 15) is 0 Å². The van der Waals surface area contributed by atoms with Crippen LogP contribution in [0.2, 0.25) is 0 Å². The van der Waals surface area contributed by atoms with E-state index >= 15 is 0 Å². The average molecular weight is 553 g/mol. The largest absolute Gasteiger partial charge is 1.00 e. The van der Waals surface area contributed by atoms with Gasteiger partial charge in [-0.05, 0) is 23.6 Å². The first kappa shape index (κ1) is 43.7. The van der Waals surface area contributed by atoms with Gasteiger partial charge in [0.25, 0.3) is 0 Å². The molecule has 0 aromatic rings. The molecule has 190 valence electrons. The molecule has 0 bridgehead atoms. The summed E-state index contributed by atoms with van der Waals surface area (Å²) in [6.07, 6.45) is 22.9. The number of hydrogen-bond donors (Lipinski definition) is 6. The number of unbranched alkanes of at least 4 members (excludes halogenated alkanes) is 14. The van der Waals surface area contributed by atoms with Gasteiger partial charge >= 0.3 is 64.8 Å². The van der Waals surface area contributed by atoms with Crippen molar-refractivity contribution in [3.05, 3.63) is 0 Å². The molecule has 6 nitrogen and oxygen atoms in total. The molecule has 0 aliphatic heterocycles. The second kappa shape index (κ2) is 34.9. The normalized spacial score (nSPS) is 10.4. The van der Waals surface area contributed by atoms with Crippen molar-refractivity contribution in [2.45, 2.75) is 130 Å². The zero-order chi connectivity index (χ0) is 24.3. The van der Waals surface area contributed by atoms with E-state index in [2.05, 4.69) is 51.3 Å². The Labute approximate surface area is 247 Å². The number of rotatable bonds is 14. The fourth-order valence-corrected chi connectivity index (χ4v) is 2.41. The summed E-state index contributed by atoms with van der Waals surface area (Å²) in [5.41, 5.74) is 0.